The van der Waals surface area contributed by atoms with Gasteiger partial charge in [-0.25, -0.2) is 0 Å². The summed E-state index contributed by atoms with van der Waals surface area (Å²) in [6, 6.07) is 17.1. The highest BCUT2D eigenvalue weighted by atomic mass is 16.5. The first-order chi connectivity index (χ1) is 14.7. The molecule has 4 rings (SSSR count). The highest BCUT2D eigenvalue weighted by molar-refractivity contribution is 5.86. The van der Waals surface area contributed by atoms with E-state index in [9.17, 15) is 4.79 Å². The van der Waals surface area contributed by atoms with Crippen molar-refractivity contribution in [3.05, 3.63) is 71.4 Å². The van der Waals surface area contributed by atoms with Crippen LogP contribution in [-0.4, -0.2) is 41.1 Å². The normalized spacial score (nSPS) is 20.7. The van der Waals surface area contributed by atoms with Crippen LogP contribution in [0.5, 0.6) is 0 Å². The molecule has 0 aliphatic carbocycles. The van der Waals surface area contributed by atoms with Gasteiger partial charge < -0.3 is 14.6 Å². The predicted octanol–water partition coefficient (Wildman–Crippen LogP) is 5.62. The number of aromatic amines is 1. The Balaban J connectivity index is 1.68. The third-order valence-electron chi connectivity index (χ3n) is 6.33. The van der Waals surface area contributed by atoms with Gasteiger partial charge in [0.1, 0.15) is 0 Å². The van der Waals surface area contributed by atoms with Crippen LogP contribution in [0.15, 0.2) is 54.7 Å². The minimum atomic E-state index is 0.00567. The lowest BCUT2D eigenvalue weighted by atomic mass is 9.83. The van der Waals surface area contributed by atoms with Crippen molar-refractivity contribution >= 4 is 16.8 Å². The molecule has 3 atom stereocenters. The van der Waals surface area contributed by atoms with Gasteiger partial charge in [0.05, 0.1) is 12.2 Å². The molecule has 1 saturated heterocycles. The third-order valence-corrected chi connectivity index (χ3v) is 6.33. The molecule has 0 radical (unpaired) electrons. The van der Waals surface area contributed by atoms with Gasteiger partial charge in [-0.15, -0.1) is 0 Å². The second kappa shape index (κ2) is 8.51. The number of para-hydroxylation sites is 1. The van der Waals surface area contributed by atoms with E-state index in [-0.39, 0.29) is 29.4 Å². The minimum absolute atomic E-state index is 0.00567. The summed E-state index contributed by atoms with van der Waals surface area (Å²) < 4.78 is 5.83. The molecule has 1 fully saturated rings. The number of rotatable bonds is 4. The van der Waals surface area contributed by atoms with Gasteiger partial charge >= 0.3 is 0 Å². The van der Waals surface area contributed by atoms with E-state index in [1.54, 1.807) is 0 Å². The van der Waals surface area contributed by atoms with E-state index in [0.29, 0.717) is 19.5 Å². The largest absolute Gasteiger partial charge is 0.372 e. The van der Waals surface area contributed by atoms with Gasteiger partial charge in [0.25, 0.3) is 0 Å². The Labute approximate surface area is 185 Å². The molecule has 1 N–H and O–H groups in total. The van der Waals surface area contributed by atoms with E-state index in [1.807, 2.05) is 24.8 Å². The number of amides is 1. The fraction of sp³-hybridized carbons (Fsp3) is 0.444. The topological polar surface area (TPSA) is 45.3 Å². The smallest absolute Gasteiger partial charge is 0.223 e. The van der Waals surface area contributed by atoms with Crippen LogP contribution in [0.3, 0.4) is 0 Å². The Hall–Kier alpha value is -2.59. The van der Waals surface area contributed by atoms with Crippen molar-refractivity contribution in [1.29, 1.82) is 0 Å². The maximum Gasteiger partial charge on any atom is 0.223 e. The standard InChI is InChI=1S/C27H34N2O2/c1-18-16-29(17-19(2)31-18)26(30)14-23(20-10-12-21(13-11-20)27(3,4)5)24-15-28-25-9-7-6-8-22(24)25/h6-13,15,18-19,23,28H,14,16-17H2,1-5H3. The van der Waals surface area contributed by atoms with Crippen LogP contribution >= 0.6 is 0 Å². The molecule has 1 aliphatic rings. The second-order valence-corrected chi connectivity index (χ2v) is 9.97. The SMILES string of the molecule is CC1CN(C(=O)CC(c2ccc(C(C)(C)C)cc2)c2c[nH]c3ccccc23)CC(C)O1. The average Bonchev–Trinajstić information content (AvgIpc) is 3.14. The molecule has 2 heterocycles. The van der Waals surface area contributed by atoms with E-state index < -0.39 is 0 Å². The monoisotopic (exact) mass is 418 g/mol. The summed E-state index contributed by atoms with van der Waals surface area (Å²) in [6.07, 6.45) is 2.68. The first-order valence-electron chi connectivity index (χ1n) is 11.3. The number of hydrogen-bond donors (Lipinski definition) is 1. The van der Waals surface area contributed by atoms with Crippen LogP contribution in [0.25, 0.3) is 10.9 Å². The summed E-state index contributed by atoms with van der Waals surface area (Å²) in [5, 5.41) is 1.18. The van der Waals surface area contributed by atoms with Crippen molar-refractivity contribution in [1.82, 2.24) is 9.88 Å². The summed E-state index contributed by atoms with van der Waals surface area (Å²) >= 11 is 0. The molecule has 2 aromatic carbocycles. The van der Waals surface area contributed by atoms with Gasteiger partial charge in [0.2, 0.25) is 5.91 Å². The number of nitrogens with one attached hydrogen (secondary N) is 1. The molecule has 4 heteroatoms. The number of benzene rings is 2. The number of hydrogen-bond acceptors (Lipinski definition) is 2. The summed E-state index contributed by atoms with van der Waals surface area (Å²) in [7, 11) is 0. The lowest BCUT2D eigenvalue weighted by molar-refractivity contribution is -0.143. The molecular weight excluding hydrogens is 384 g/mol. The Bertz CT molecular complexity index is 1040. The van der Waals surface area contributed by atoms with Crippen LogP contribution < -0.4 is 0 Å². The molecular formula is C27H34N2O2. The van der Waals surface area contributed by atoms with Crippen LogP contribution in [0.1, 0.15) is 63.6 Å². The number of fused-ring (bicyclic) bond motifs is 1. The van der Waals surface area contributed by atoms with E-state index in [4.69, 9.17) is 4.74 Å². The second-order valence-electron chi connectivity index (χ2n) is 9.97. The van der Waals surface area contributed by atoms with Crippen molar-refractivity contribution in [2.24, 2.45) is 0 Å². The zero-order valence-corrected chi connectivity index (χ0v) is 19.3. The van der Waals surface area contributed by atoms with Gasteiger partial charge in [-0.05, 0) is 42.0 Å². The molecule has 164 valence electrons. The molecule has 0 bridgehead atoms. The Morgan fingerprint density at radius 1 is 1.06 bits per heavy atom. The van der Waals surface area contributed by atoms with E-state index in [0.717, 1.165) is 5.52 Å². The summed E-state index contributed by atoms with van der Waals surface area (Å²) in [5.74, 6) is 0.198. The molecule has 4 nitrogen and oxygen atoms in total. The number of carbonyl (C=O) groups is 1. The lowest BCUT2D eigenvalue weighted by Crippen LogP contribution is -2.48. The van der Waals surface area contributed by atoms with Crippen molar-refractivity contribution in [2.45, 2.75) is 64.6 Å². The maximum absolute atomic E-state index is 13.4. The Morgan fingerprint density at radius 3 is 2.35 bits per heavy atom. The van der Waals surface area contributed by atoms with Crippen molar-refractivity contribution in [3.8, 4) is 0 Å². The van der Waals surface area contributed by atoms with Gasteiger partial charge in [-0.1, -0.05) is 63.2 Å². The van der Waals surface area contributed by atoms with E-state index in [2.05, 4.69) is 74.4 Å². The molecule has 1 aromatic heterocycles. The number of nitrogens with zero attached hydrogens (tertiary/aromatic N) is 1. The number of aromatic nitrogens is 1. The van der Waals surface area contributed by atoms with E-state index in [1.165, 1.54) is 22.1 Å². The third kappa shape index (κ3) is 4.69. The van der Waals surface area contributed by atoms with Crippen LogP contribution in [0.2, 0.25) is 0 Å². The molecule has 0 spiro atoms. The summed E-state index contributed by atoms with van der Waals surface area (Å²) in [5.41, 5.74) is 4.87. The first-order valence-corrected chi connectivity index (χ1v) is 11.3. The van der Waals surface area contributed by atoms with Crippen LogP contribution in [-0.2, 0) is 14.9 Å². The predicted molar refractivity (Wildman–Crippen MR) is 126 cm³/mol. The molecule has 0 saturated carbocycles. The fourth-order valence-electron chi connectivity index (χ4n) is 4.69. The maximum atomic E-state index is 13.4. The lowest BCUT2D eigenvalue weighted by Gasteiger charge is -2.36. The highest BCUT2D eigenvalue weighted by Gasteiger charge is 2.29. The highest BCUT2D eigenvalue weighted by Crippen LogP contribution is 2.35. The molecule has 3 aromatic rings. The average molecular weight is 419 g/mol. The summed E-state index contributed by atoms with van der Waals surface area (Å²) in [4.78, 5) is 18.8. The number of morpholine rings is 1. The zero-order valence-electron chi connectivity index (χ0n) is 19.3. The fourth-order valence-corrected chi connectivity index (χ4v) is 4.69. The van der Waals surface area contributed by atoms with Gasteiger partial charge in [0.15, 0.2) is 0 Å². The zero-order chi connectivity index (χ0) is 22.2. The first kappa shape index (κ1) is 21.6. The number of ether oxygens (including phenoxy) is 1. The van der Waals surface area contributed by atoms with Gasteiger partial charge in [-0.3, -0.25) is 4.79 Å². The molecule has 31 heavy (non-hydrogen) atoms. The molecule has 1 amide bonds. The van der Waals surface area contributed by atoms with E-state index >= 15 is 0 Å². The quantitative estimate of drug-likeness (QED) is 0.597. The van der Waals surface area contributed by atoms with Crippen LogP contribution in [0.4, 0.5) is 0 Å². The minimum Gasteiger partial charge on any atom is -0.372 e. The van der Waals surface area contributed by atoms with Crippen molar-refractivity contribution in [3.63, 3.8) is 0 Å². The van der Waals surface area contributed by atoms with Gasteiger partial charge in [-0.2, -0.15) is 0 Å². The molecule has 3 unspecified atom stereocenters. The number of carbonyl (C=O) groups excluding carboxylic acids is 1. The van der Waals surface area contributed by atoms with Gasteiger partial charge in [0, 0.05) is 42.5 Å². The van der Waals surface area contributed by atoms with Crippen LogP contribution in [0, 0.1) is 0 Å². The molecule has 1 aliphatic heterocycles. The number of H-pyrrole nitrogens is 1. The Morgan fingerprint density at radius 2 is 1.71 bits per heavy atom. The Kier molecular flexibility index (Phi) is 5.94. The summed E-state index contributed by atoms with van der Waals surface area (Å²) in [6.45, 7) is 12.1. The van der Waals surface area contributed by atoms with Crippen molar-refractivity contribution < 1.29 is 9.53 Å². The van der Waals surface area contributed by atoms with Crippen molar-refractivity contribution in [2.75, 3.05) is 13.1 Å².